The predicted molar refractivity (Wildman–Crippen MR) is 133 cm³/mol. The molecule has 0 aliphatic carbocycles. The van der Waals surface area contributed by atoms with E-state index in [1.807, 2.05) is 11.5 Å². The van der Waals surface area contributed by atoms with Gasteiger partial charge in [0.2, 0.25) is 5.91 Å². The summed E-state index contributed by atoms with van der Waals surface area (Å²) in [4.78, 5) is 17.1. The van der Waals surface area contributed by atoms with Crippen LogP contribution in [0.3, 0.4) is 0 Å². The molecule has 6 nitrogen and oxygen atoms in total. The Morgan fingerprint density at radius 2 is 1.74 bits per heavy atom. The van der Waals surface area contributed by atoms with Crippen LogP contribution in [-0.4, -0.2) is 55.9 Å². The SMILES string of the molecule is C[C@H](c1nnc(S[C@H](C)C(=O)N(C)Cc2cccc(F)c2)n1-c1ccc(F)cc1)N1CCCCC1. The molecule has 1 saturated heterocycles. The third-order valence-corrected chi connectivity index (χ3v) is 7.40. The second-order valence-corrected chi connectivity index (χ2v) is 10.3. The van der Waals surface area contributed by atoms with Gasteiger partial charge in [-0.25, -0.2) is 8.78 Å². The summed E-state index contributed by atoms with van der Waals surface area (Å²) in [5.41, 5.74) is 1.48. The molecule has 1 aliphatic rings. The number of rotatable bonds is 8. The molecular weight excluding hydrogens is 468 g/mol. The predicted octanol–water partition coefficient (Wildman–Crippen LogP) is 5.23. The summed E-state index contributed by atoms with van der Waals surface area (Å²) in [5, 5.41) is 9.09. The van der Waals surface area contributed by atoms with Crippen molar-refractivity contribution in [3.8, 4) is 5.69 Å². The first kappa shape index (κ1) is 25.3. The Labute approximate surface area is 209 Å². The van der Waals surface area contributed by atoms with Crippen LogP contribution in [-0.2, 0) is 11.3 Å². The molecule has 2 aromatic carbocycles. The van der Waals surface area contributed by atoms with Crippen LogP contribution in [0, 0.1) is 11.6 Å². The molecule has 35 heavy (non-hydrogen) atoms. The molecule has 1 amide bonds. The molecule has 3 aromatic rings. The van der Waals surface area contributed by atoms with Crippen molar-refractivity contribution in [1.29, 1.82) is 0 Å². The number of piperidine rings is 1. The minimum Gasteiger partial charge on any atom is -0.340 e. The molecule has 0 N–H and O–H groups in total. The molecule has 0 bridgehead atoms. The summed E-state index contributed by atoms with van der Waals surface area (Å²) in [7, 11) is 1.71. The van der Waals surface area contributed by atoms with E-state index in [9.17, 15) is 13.6 Å². The average molecular weight is 500 g/mol. The maximum atomic E-state index is 13.7. The van der Waals surface area contributed by atoms with Gasteiger partial charge in [-0.05, 0) is 81.7 Å². The van der Waals surface area contributed by atoms with Crippen molar-refractivity contribution in [1.82, 2.24) is 24.6 Å². The van der Waals surface area contributed by atoms with Crippen LogP contribution in [0.15, 0.2) is 53.7 Å². The summed E-state index contributed by atoms with van der Waals surface area (Å²) < 4.78 is 29.1. The highest BCUT2D eigenvalue weighted by Crippen LogP contribution is 2.31. The van der Waals surface area contributed by atoms with Gasteiger partial charge in [0.25, 0.3) is 0 Å². The number of carbonyl (C=O) groups excluding carboxylic acids is 1. The van der Waals surface area contributed by atoms with E-state index >= 15 is 0 Å². The quantitative estimate of drug-likeness (QED) is 0.397. The van der Waals surface area contributed by atoms with Crippen molar-refractivity contribution in [3.63, 3.8) is 0 Å². The van der Waals surface area contributed by atoms with Gasteiger partial charge < -0.3 is 4.90 Å². The number of aromatic nitrogens is 3. The molecule has 0 radical (unpaired) electrons. The number of likely N-dealkylation sites (tertiary alicyclic amines) is 1. The van der Waals surface area contributed by atoms with Crippen LogP contribution < -0.4 is 0 Å². The van der Waals surface area contributed by atoms with Crippen molar-refractivity contribution in [2.24, 2.45) is 0 Å². The Morgan fingerprint density at radius 1 is 1.03 bits per heavy atom. The van der Waals surface area contributed by atoms with E-state index in [-0.39, 0.29) is 23.6 Å². The highest BCUT2D eigenvalue weighted by molar-refractivity contribution is 8.00. The standard InChI is InChI=1S/C26H31F2N5OS/c1-18(32-14-5-4-6-15-32)24-29-30-26(33(24)23-12-10-21(27)11-13-23)35-19(2)25(34)31(3)17-20-8-7-9-22(28)16-20/h7-13,16,18-19H,4-6,14-15,17H2,1-3H3/t18-,19-/m1/s1. The molecular formula is C26H31F2N5OS. The molecule has 0 saturated carbocycles. The van der Waals surface area contributed by atoms with E-state index < -0.39 is 5.25 Å². The number of halogens is 2. The Balaban J connectivity index is 1.56. The Morgan fingerprint density at radius 3 is 2.43 bits per heavy atom. The first-order chi connectivity index (χ1) is 16.8. The minimum absolute atomic E-state index is 0.0314. The van der Waals surface area contributed by atoms with E-state index in [4.69, 9.17) is 0 Å². The lowest BCUT2D eigenvalue weighted by atomic mass is 10.1. The summed E-state index contributed by atoms with van der Waals surface area (Å²) in [6.07, 6.45) is 3.54. The highest BCUT2D eigenvalue weighted by Gasteiger charge is 2.28. The Bertz CT molecular complexity index is 1150. The van der Waals surface area contributed by atoms with Crippen LogP contribution in [0.5, 0.6) is 0 Å². The fourth-order valence-corrected chi connectivity index (χ4v) is 5.43. The highest BCUT2D eigenvalue weighted by atomic mass is 32.2. The van der Waals surface area contributed by atoms with Crippen molar-refractivity contribution in [3.05, 3.63) is 71.6 Å². The summed E-state index contributed by atoms with van der Waals surface area (Å²) >= 11 is 1.32. The van der Waals surface area contributed by atoms with E-state index in [0.717, 1.165) is 43.0 Å². The van der Waals surface area contributed by atoms with Crippen molar-refractivity contribution < 1.29 is 13.6 Å². The third-order valence-electron chi connectivity index (χ3n) is 6.37. The molecule has 1 aliphatic heterocycles. The second kappa shape index (κ2) is 11.3. The molecule has 9 heteroatoms. The van der Waals surface area contributed by atoms with Gasteiger partial charge in [0.15, 0.2) is 11.0 Å². The van der Waals surface area contributed by atoms with Gasteiger partial charge in [-0.15, -0.1) is 10.2 Å². The molecule has 2 heterocycles. The largest absolute Gasteiger partial charge is 0.340 e. The third kappa shape index (κ3) is 6.08. The molecule has 0 spiro atoms. The van der Waals surface area contributed by atoms with Crippen LogP contribution in [0.1, 0.15) is 50.5 Å². The normalized spacial score (nSPS) is 16.1. The number of hydrogen-bond acceptors (Lipinski definition) is 5. The Hall–Kier alpha value is -2.78. The van der Waals surface area contributed by atoms with Gasteiger partial charge in [-0.1, -0.05) is 30.3 Å². The zero-order valence-electron chi connectivity index (χ0n) is 20.3. The van der Waals surface area contributed by atoms with Crippen molar-refractivity contribution >= 4 is 17.7 Å². The van der Waals surface area contributed by atoms with Gasteiger partial charge in [0.05, 0.1) is 11.3 Å². The summed E-state index contributed by atoms with van der Waals surface area (Å²) in [6.45, 7) is 6.25. The number of amides is 1. The monoisotopic (exact) mass is 499 g/mol. The van der Waals surface area contributed by atoms with Crippen molar-refractivity contribution in [2.75, 3.05) is 20.1 Å². The minimum atomic E-state index is -0.449. The van der Waals surface area contributed by atoms with Gasteiger partial charge in [-0.3, -0.25) is 14.3 Å². The summed E-state index contributed by atoms with van der Waals surface area (Å²) in [6, 6.07) is 12.5. The molecule has 1 fully saturated rings. The van der Waals surface area contributed by atoms with E-state index in [0.29, 0.717) is 11.7 Å². The average Bonchev–Trinajstić information content (AvgIpc) is 3.27. The maximum Gasteiger partial charge on any atom is 0.235 e. The van der Waals surface area contributed by atoms with Crippen LogP contribution in [0.4, 0.5) is 8.78 Å². The second-order valence-electron chi connectivity index (χ2n) is 9.01. The molecule has 0 unspecified atom stereocenters. The topological polar surface area (TPSA) is 54.3 Å². The van der Waals surface area contributed by atoms with Crippen LogP contribution in [0.2, 0.25) is 0 Å². The maximum absolute atomic E-state index is 13.7. The molecule has 186 valence electrons. The van der Waals surface area contributed by atoms with Crippen LogP contribution >= 0.6 is 11.8 Å². The fourth-order valence-electron chi connectivity index (χ4n) is 4.44. The number of thioether (sulfide) groups is 1. The molecule has 1 aromatic heterocycles. The lowest BCUT2D eigenvalue weighted by Gasteiger charge is -2.32. The zero-order chi connectivity index (χ0) is 24.9. The van der Waals surface area contributed by atoms with Gasteiger partial charge >= 0.3 is 0 Å². The number of carbonyl (C=O) groups is 1. The van der Waals surface area contributed by atoms with Gasteiger partial charge in [-0.2, -0.15) is 0 Å². The van der Waals surface area contributed by atoms with Gasteiger partial charge in [0, 0.05) is 19.3 Å². The lowest BCUT2D eigenvalue weighted by molar-refractivity contribution is -0.129. The number of benzene rings is 2. The van der Waals surface area contributed by atoms with E-state index in [1.165, 1.54) is 42.4 Å². The molecule has 2 atom stereocenters. The fraction of sp³-hybridized carbons (Fsp3) is 0.423. The van der Waals surface area contributed by atoms with Gasteiger partial charge in [0.1, 0.15) is 11.6 Å². The van der Waals surface area contributed by atoms with Crippen molar-refractivity contribution in [2.45, 2.75) is 56.1 Å². The number of hydrogen-bond donors (Lipinski definition) is 0. The van der Waals surface area contributed by atoms with E-state index in [2.05, 4.69) is 22.0 Å². The van der Waals surface area contributed by atoms with Crippen LogP contribution in [0.25, 0.3) is 5.69 Å². The lowest BCUT2D eigenvalue weighted by Crippen LogP contribution is -2.34. The zero-order valence-corrected chi connectivity index (χ0v) is 21.1. The molecule has 4 rings (SSSR count). The van der Waals surface area contributed by atoms with E-state index in [1.54, 1.807) is 36.2 Å². The summed E-state index contributed by atoms with van der Waals surface area (Å²) in [5.74, 6) is 0.0324. The smallest absolute Gasteiger partial charge is 0.235 e. The number of nitrogens with zero attached hydrogens (tertiary/aromatic N) is 5. The first-order valence-corrected chi connectivity index (χ1v) is 12.8. The Kier molecular flexibility index (Phi) is 8.18. The first-order valence-electron chi connectivity index (χ1n) is 11.9.